The molecule has 4 rings (SSSR count). The number of aliphatic hydroxyl groups is 2. The van der Waals surface area contributed by atoms with Crippen LogP contribution in [0, 0.1) is 28.6 Å². The molecule has 3 fully saturated rings. The molecule has 7 atom stereocenters. The number of Topliss-reactive ketones (excluding diaryl/α,β-unsaturated/α-hetero) is 1. The summed E-state index contributed by atoms with van der Waals surface area (Å²) in [5, 5.41) is 22.7. The van der Waals surface area contributed by atoms with Crippen LogP contribution >= 0.6 is 7.82 Å². The van der Waals surface area contributed by atoms with E-state index in [-0.39, 0.29) is 41.8 Å². The molecule has 9 heteroatoms. The fourth-order valence-corrected chi connectivity index (χ4v) is 7.70. The van der Waals surface area contributed by atoms with Crippen molar-refractivity contribution < 1.29 is 38.7 Å². The van der Waals surface area contributed by atoms with Crippen molar-refractivity contribution in [2.75, 3.05) is 6.61 Å². The number of aliphatic hydroxyl groups excluding tert-OH is 1. The van der Waals surface area contributed by atoms with Gasteiger partial charge >= 0.3 is 7.82 Å². The molecule has 3 saturated carbocycles. The van der Waals surface area contributed by atoms with Crippen LogP contribution in [-0.4, -0.2) is 49.9 Å². The maximum Gasteiger partial charge on any atom is 0.470 e. The molecule has 0 aromatic carbocycles. The Morgan fingerprint density at radius 2 is 1.93 bits per heavy atom. The van der Waals surface area contributed by atoms with E-state index >= 15 is 0 Å². The van der Waals surface area contributed by atoms with Gasteiger partial charge in [0.2, 0.25) is 0 Å². The van der Waals surface area contributed by atoms with Crippen molar-refractivity contribution in [1.29, 1.82) is 0 Å². The van der Waals surface area contributed by atoms with Gasteiger partial charge in [0.25, 0.3) is 0 Å². The summed E-state index contributed by atoms with van der Waals surface area (Å²) in [6.45, 7) is 3.09. The van der Waals surface area contributed by atoms with Crippen LogP contribution in [0.5, 0.6) is 0 Å². The molecule has 168 valence electrons. The predicted molar refractivity (Wildman–Crippen MR) is 106 cm³/mol. The van der Waals surface area contributed by atoms with Crippen molar-refractivity contribution >= 4 is 19.4 Å². The number of fused-ring (bicyclic) bond motifs is 5. The number of hydrogen-bond donors (Lipinski definition) is 4. The summed E-state index contributed by atoms with van der Waals surface area (Å²) in [5.41, 5.74) is -1.84. The highest BCUT2D eigenvalue weighted by Gasteiger charge is 2.68. The summed E-state index contributed by atoms with van der Waals surface area (Å²) < 4.78 is 15.4. The van der Waals surface area contributed by atoms with E-state index in [9.17, 15) is 24.4 Å². The highest BCUT2D eigenvalue weighted by Crippen LogP contribution is 2.67. The van der Waals surface area contributed by atoms with Gasteiger partial charge in [-0.2, -0.15) is 0 Å². The van der Waals surface area contributed by atoms with E-state index in [1.54, 1.807) is 6.08 Å². The minimum atomic E-state index is -4.83. The molecule has 0 aromatic heterocycles. The average Bonchev–Trinajstić information content (AvgIpc) is 2.91. The molecule has 4 aliphatic rings. The molecule has 0 aliphatic heterocycles. The zero-order chi connectivity index (χ0) is 22.1. The second-order valence-corrected chi connectivity index (χ2v) is 11.4. The van der Waals surface area contributed by atoms with Gasteiger partial charge in [0.15, 0.2) is 11.6 Å². The quantitative estimate of drug-likeness (QED) is 0.484. The minimum Gasteiger partial charge on any atom is -0.393 e. The second-order valence-electron chi connectivity index (χ2n) is 10.2. The number of hydrogen-bond acceptors (Lipinski definition) is 6. The zero-order valence-electron chi connectivity index (χ0n) is 17.4. The molecule has 4 N–H and O–H groups in total. The number of phosphoric acid groups is 1. The molecule has 4 aliphatic carbocycles. The van der Waals surface area contributed by atoms with Crippen molar-refractivity contribution in [2.24, 2.45) is 28.6 Å². The third-order valence-electron chi connectivity index (χ3n) is 8.87. The SMILES string of the molecule is C[C@@]12CCC(=O)C=C1CC[C@H]1[C@@H]2[C@@H](O)C[C@]2(C)[C@@H]1CC[C@]2(O)C(=O)COP(=O)(O)O. The van der Waals surface area contributed by atoms with E-state index < -0.39 is 37.3 Å². The highest BCUT2D eigenvalue weighted by molar-refractivity contribution is 7.46. The van der Waals surface area contributed by atoms with Gasteiger partial charge in [0.05, 0.1) is 6.10 Å². The Morgan fingerprint density at radius 1 is 1.23 bits per heavy atom. The lowest BCUT2D eigenvalue weighted by Gasteiger charge is -2.60. The van der Waals surface area contributed by atoms with E-state index in [0.29, 0.717) is 19.3 Å². The van der Waals surface area contributed by atoms with E-state index in [1.165, 1.54) is 0 Å². The maximum atomic E-state index is 12.8. The van der Waals surface area contributed by atoms with Crippen LogP contribution in [0.15, 0.2) is 11.6 Å². The number of rotatable bonds is 4. The Hall–Kier alpha value is -0.890. The summed E-state index contributed by atoms with van der Waals surface area (Å²) in [6.07, 6.45) is 4.79. The fourth-order valence-electron chi connectivity index (χ4n) is 7.41. The van der Waals surface area contributed by atoms with Gasteiger partial charge in [0.1, 0.15) is 12.2 Å². The van der Waals surface area contributed by atoms with Crippen LogP contribution in [0.3, 0.4) is 0 Å². The monoisotopic (exact) mass is 442 g/mol. The summed E-state index contributed by atoms with van der Waals surface area (Å²) in [6, 6.07) is 0. The highest BCUT2D eigenvalue weighted by atomic mass is 31.2. The van der Waals surface area contributed by atoms with Gasteiger partial charge in [-0.15, -0.1) is 0 Å². The van der Waals surface area contributed by atoms with Gasteiger partial charge in [-0.05, 0) is 67.8 Å². The molecule has 0 aromatic rings. The van der Waals surface area contributed by atoms with Gasteiger partial charge in [-0.3, -0.25) is 14.1 Å². The molecule has 8 nitrogen and oxygen atoms in total. The van der Waals surface area contributed by atoms with Crippen molar-refractivity contribution in [1.82, 2.24) is 0 Å². The molecule has 0 heterocycles. The first-order valence-corrected chi connectivity index (χ1v) is 12.2. The second kappa shape index (κ2) is 7.06. The third-order valence-corrected chi connectivity index (χ3v) is 9.34. The molecule has 0 unspecified atom stereocenters. The first-order chi connectivity index (χ1) is 13.8. The molecule has 0 spiro atoms. The summed E-state index contributed by atoms with van der Waals surface area (Å²) in [5.74, 6) is -0.522. The van der Waals surface area contributed by atoms with Crippen molar-refractivity contribution in [3.05, 3.63) is 11.6 Å². The standard InChI is InChI=1S/C21H31O8P/c1-19-7-5-13(22)9-12(19)3-4-14-15-6-8-21(25,17(24)11-29-30(26,27)28)20(15,2)10-16(23)18(14)19/h9,14-16,18,23,25H,3-8,10-11H2,1-2H3,(H2,26,27,28)/t14-,15-,16+,18-,19-,20-,21+/m1/s1. The molecular weight excluding hydrogens is 411 g/mol. The van der Waals surface area contributed by atoms with E-state index in [2.05, 4.69) is 11.4 Å². The van der Waals surface area contributed by atoms with Crippen LogP contribution in [0.1, 0.15) is 58.8 Å². The number of ketones is 2. The first-order valence-electron chi connectivity index (χ1n) is 10.7. The van der Waals surface area contributed by atoms with Gasteiger partial charge in [0, 0.05) is 11.8 Å². The topological polar surface area (TPSA) is 141 Å². The molecule has 0 bridgehead atoms. The van der Waals surface area contributed by atoms with Crippen molar-refractivity contribution in [3.63, 3.8) is 0 Å². The lowest BCUT2D eigenvalue weighted by molar-refractivity contribution is -0.182. The van der Waals surface area contributed by atoms with Crippen LogP contribution in [0.2, 0.25) is 0 Å². The number of allylic oxidation sites excluding steroid dienone is 1. The number of phosphoric ester groups is 1. The van der Waals surface area contributed by atoms with Crippen molar-refractivity contribution in [2.45, 2.75) is 70.5 Å². The molecular formula is C21H31O8P. The Balaban J connectivity index is 1.64. The van der Waals surface area contributed by atoms with E-state index in [1.807, 2.05) is 6.92 Å². The zero-order valence-corrected chi connectivity index (χ0v) is 18.3. The summed E-state index contributed by atoms with van der Waals surface area (Å²) >= 11 is 0. The van der Waals surface area contributed by atoms with Crippen LogP contribution in [0.25, 0.3) is 0 Å². The molecule has 0 radical (unpaired) electrons. The fraction of sp³-hybridized carbons (Fsp3) is 0.810. The van der Waals surface area contributed by atoms with Crippen LogP contribution in [-0.2, 0) is 18.7 Å². The van der Waals surface area contributed by atoms with Crippen LogP contribution < -0.4 is 0 Å². The smallest absolute Gasteiger partial charge is 0.393 e. The lowest BCUT2D eigenvalue weighted by Crippen LogP contribution is -2.62. The minimum absolute atomic E-state index is 0.00547. The molecule has 0 amide bonds. The third kappa shape index (κ3) is 3.19. The van der Waals surface area contributed by atoms with Gasteiger partial charge in [-0.1, -0.05) is 19.4 Å². The normalized spacial score (nSPS) is 45.9. The average molecular weight is 442 g/mol. The largest absolute Gasteiger partial charge is 0.470 e. The van der Waals surface area contributed by atoms with Gasteiger partial charge < -0.3 is 20.0 Å². The Bertz CT molecular complexity index is 848. The Labute approximate surface area is 175 Å². The predicted octanol–water partition coefficient (Wildman–Crippen LogP) is 1.90. The Kier molecular flexibility index (Phi) is 5.25. The van der Waals surface area contributed by atoms with Gasteiger partial charge in [-0.25, -0.2) is 4.57 Å². The lowest BCUT2D eigenvalue weighted by atomic mass is 9.45. The Morgan fingerprint density at radius 3 is 2.60 bits per heavy atom. The van der Waals surface area contributed by atoms with E-state index in [4.69, 9.17) is 9.79 Å². The van der Waals surface area contributed by atoms with E-state index in [0.717, 1.165) is 18.4 Å². The maximum absolute atomic E-state index is 12.8. The summed E-state index contributed by atoms with van der Waals surface area (Å²) in [4.78, 5) is 42.6. The number of carbonyl (C=O) groups excluding carboxylic acids is 2. The molecule has 30 heavy (non-hydrogen) atoms. The van der Waals surface area contributed by atoms with Crippen molar-refractivity contribution in [3.8, 4) is 0 Å². The first kappa shape index (κ1) is 22.3. The summed E-state index contributed by atoms with van der Waals surface area (Å²) in [7, 11) is -4.83. The van der Waals surface area contributed by atoms with Crippen LogP contribution in [0.4, 0.5) is 0 Å². The number of carbonyl (C=O) groups is 2. The molecule has 0 saturated heterocycles.